The Morgan fingerprint density at radius 2 is 1.69 bits per heavy atom. The third-order valence-corrected chi connectivity index (χ3v) is 2.89. The second kappa shape index (κ2) is 4.23. The number of benzene rings is 1. The fourth-order valence-electron chi connectivity index (χ4n) is 1.49. The molecule has 0 saturated carbocycles. The van der Waals surface area contributed by atoms with Crippen LogP contribution in [-0.4, -0.2) is 29.9 Å². The number of amides is 2. The maximum atomic E-state index is 11.7. The van der Waals surface area contributed by atoms with Gasteiger partial charge >= 0.3 is 0 Å². The third-order valence-electron chi connectivity index (χ3n) is 2.36. The van der Waals surface area contributed by atoms with Crippen LogP contribution in [-0.2, 0) is 9.59 Å². The number of anilines is 1. The summed E-state index contributed by atoms with van der Waals surface area (Å²) in [6.45, 7) is -0.0775. The van der Waals surface area contributed by atoms with E-state index in [2.05, 4.69) is 15.9 Å². The highest BCUT2D eigenvalue weighted by Crippen LogP contribution is 2.20. The number of hydrogen-bond acceptors (Lipinski definition) is 3. The van der Waals surface area contributed by atoms with Crippen molar-refractivity contribution in [1.29, 1.82) is 0 Å². The molecule has 2 rings (SSSR count). The van der Waals surface area contributed by atoms with Gasteiger partial charge in [-0.15, -0.1) is 0 Å². The quantitative estimate of drug-likeness (QED) is 0.603. The molecular formula is C10H10BrN3O2. The highest BCUT2D eigenvalue weighted by atomic mass is 79.9. The van der Waals surface area contributed by atoms with Gasteiger partial charge in [-0.25, -0.2) is 5.84 Å². The van der Waals surface area contributed by atoms with Crippen LogP contribution in [0.2, 0.25) is 0 Å². The van der Waals surface area contributed by atoms with Crippen LogP contribution in [0.3, 0.4) is 0 Å². The first-order valence-corrected chi connectivity index (χ1v) is 5.48. The van der Waals surface area contributed by atoms with Gasteiger partial charge in [-0.2, -0.15) is 0 Å². The monoisotopic (exact) mass is 283 g/mol. The number of hydrazine groups is 1. The lowest BCUT2D eigenvalue weighted by molar-refractivity contribution is -0.138. The van der Waals surface area contributed by atoms with Crippen LogP contribution in [0.5, 0.6) is 0 Å². The molecule has 0 aromatic heterocycles. The van der Waals surface area contributed by atoms with Crippen molar-refractivity contribution in [3.63, 3.8) is 0 Å². The molecule has 84 valence electrons. The lowest BCUT2D eigenvalue weighted by atomic mass is 10.2. The first-order chi connectivity index (χ1) is 7.58. The average Bonchev–Trinajstić information content (AvgIpc) is 2.25. The molecule has 0 atom stereocenters. The lowest BCUT2D eigenvalue weighted by Gasteiger charge is -2.31. The second-order valence-electron chi connectivity index (χ2n) is 3.48. The van der Waals surface area contributed by atoms with Gasteiger partial charge in [0.25, 0.3) is 5.91 Å². The van der Waals surface area contributed by atoms with Gasteiger partial charge in [-0.05, 0) is 24.3 Å². The van der Waals surface area contributed by atoms with Gasteiger partial charge in [-0.3, -0.25) is 14.6 Å². The van der Waals surface area contributed by atoms with E-state index in [-0.39, 0.29) is 24.9 Å². The fourth-order valence-corrected chi connectivity index (χ4v) is 1.75. The summed E-state index contributed by atoms with van der Waals surface area (Å²) in [4.78, 5) is 24.5. The van der Waals surface area contributed by atoms with Crippen LogP contribution in [0.15, 0.2) is 28.7 Å². The molecule has 5 nitrogen and oxygen atoms in total. The van der Waals surface area contributed by atoms with Gasteiger partial charge in [-0.1, -0.05) is 15.9 Å². The number of carbonyl (C=O) groups excluding carboxylic acids is 2. The summed E-state index contributed by atoms with van der Waals surface area (Å²) in [7, 11) is 0. The van der Waals surface area contributed by atoms with Gasteiger partial charge in [0.1, 0.15) is 13.1 Å². The van der Waals surface area contributed by atoms with Gasteiger partial charge in [0.05, 0.1) is 0 Å². The minimum Gasteiger partial charge on any atom is -0.301 e. The van der Waals surface area contributed by atoms with E-state index in [0.29, 0.717) is 5.69 Å². The number of rotatable bonds is 1. The topological polar surface area (TPSA) is 66.6 Å². The van der Waals surface area contributed by atoms with Gasteiger partial charge in [0.2, 0.25) is 5.91 Å². The number of hydrogen-bond donors (Lipinski definition) is 1. The van der Waals surface area contributed by atoms with Crippen molar-refractivity contribution in [3.05, 3.63) is 28.7 Å². The highest BCUT2D eigenvalue weighted by molar-refractivity contribution is 9.10. The number of nitrogens with two attached hydrogens (primary N) is 1. The zero-order valence-electron chi connectivity index (χ0n) is 8.39. The first kappa shape index (κ1) is 11.1. The number of halogens is 1. The first-order valence-electron chi connectivity index (χ1n) is 4.69. The van der Waals surface area contributed by atoms with Crippen LogP contribution < -0.4 is 10.7 Å². The maximum absolute atomic E-state index is 11.7. The van der Waals surface area contributed by atoms with Crippen molar-refractivity contribution >= 4 is 33.4 Å². The van der Waals surface area contributed by atoms with Gasteiger partial charge in [0, 0.05) is 10.2 Å². The molecule has 1 aromatic rings. The van der Waals surface area contributed by atoms with Crippen LogP contribution >= 0.6 is 15.9 Å². The number of piperazine rings is 1. The molecule has 1 fully saturated rings. The molecule has 1 aliphatic heterocycles. The fraction of sp³-hybridized carbons (Fsp3) is 0.200. The molecule has 0 aliphatic carbocycles. The Kier molecular flexibility index (Phi) is 2.93. The second-order valence-corrected chi connectivity index (χ2v) is 4.39. The van der Waals surface area contributed by atoms with E-state index in [1.807, 2.05) is 12.1 Å². The predicted octanol–water partition coefficient (Wildman–Crippen LogP) is 0.498. The lowest BCUT2D eigenvalue weighted by Crippen LogP contribution is -2.56. The molecule has 1 saturated heterocycles. The molecule has 16 heavy (non-hydrogen) atoms. The summed E-state index contributed by atoms with van der Waals surface area (Å²) in [6.07, 6.45) is 0. The maximum Gasteiger partial charge on any atom is 0.257 e. The smallest absolute Gasteiger partial charge is 0.257 e. The van der Waals surface area contributed by atoms with Crippen molar-refractivity contribution in [2.75, 3.05) is 18.0 Å². The Labute approximate surface area is 101 Å². The average molecular weight is 284 g/mol. The zero-order valence-corrected chi connectivity index (χ0v) is 9.98. The number of carbonyl (C=O) groups is 2. The van der Waals surface area contributed by atoms with E-state index in [9.17, 15) is 9.59 Å². The van der Waals surface area contributed by atoms with Crippen LogP contribution in [0, 0.1) is 0 Å². The Morgan fingerprint density at radius 1 is 1.06 bits per heavy atom. The van der Waals surface area contributed by atoms with Crippen LogP contribution in [0.25, 0.3) is 0 Å². The van der Waals surface area contributed by atoms with E-state index in [1.54, 1.807) is 12.1 Å². The molecule has 1 aromatic carbocycles. The largest absolute Gasteiger partial charge is 0.301 e. The molecule has 2 N–H and O–H groups in total. The Balaban J connectivity index is 2.24. The molecule has 0 unspecified atom stereocenters. The van der Waals surface area contributed by atoms with Crippen molar-refractivity contribution in [1.82, 2.24) is 5.01 Å². The summed E-state index contributed by atoms with van der Waals surface area (Å²) in [5.74, 6) is 4.92. The third kappa shape index (κ3) is 2.07. The van der Waals surface area contributed by atoms with E-state index in [1.165, 1.54) is 4.90 Å². The van der Waals surface area contributed by atoms with E-state index >= 15 is 0 Å². The van der Waals surface area contributed by atoms with Crippen molar-refractivity contribution in [3.8, 4) is 0 Å². The van der Waals surface area contributed by atoms with E-state index in [4.69, 9.17) is 5.84 Å². The molecule has 2 amide bonds. The standard InChI is InChI=1S/C10H10BrN3O2/c11-7-1-3-8(4-2-7)13-5-10(16)14(12)6-9(13)15/h1-4H,5-6,12H2. The molecule has 1 aliphatic rings. The van der Waals surface area contributed by atoms with E-state index < -0.39 is 0 Å². The summed E-state index contributed by atoms with van der Waals surface area (Å²) in [5.41, 5.74) is 0.703. The molecule has 0 spiro atoms. The predicted molar refractivity (Wildman–Crippen MR) is 62.4 cm³/mol. The summed E-state index contributed by atoms with van der Waals surface area (Å²) in [5, 5.41) is 0.942. The number of nitrogens with zero attached hydrogens (tertiary/aromatic N) is 2. The Hall–Kier alpha value is -1.40. The van der Waals surface area contributed by atoms with Crippen LogP contribution in [0.4, 0.5) is 5.69 Å². The normalized spacial score (nSPS) is 16.9. The molecule has 0 bridgehead atoms. The van der Waals surface area contributed by atoms with Gasteiger partial charge in [0.15, 0.2) is 0 Å². The Bertz CT molecular complexity index is 432. The minimum atomic E-state index is -0.262. The highest BCUT2D eigenvalue weighted by Gasteiger charge is 2.28. The van der Waals surface area contributed by atoms with E-state index in [0.717, 1.165) is 9.48 Å². The summed E-state index contributed by atoms with van der Waals surface area (Å²) in [6, 6.07) is 7.20. The summed E-state index contributed by atoms with van der Waals surface area (Å²) < 4.78 is 0.924. The molecule has 6 heteroatoms. The zero-order chi connectivity index (χ0) is 11.7. The summed E-state index contributed by atoms with van der Waals surface area (Å²) >= 11 is 3.31. The Morgan fingerprint density at radius 3 is 2.31 bits per heavy atom. The van der Waals surface area contributed by atoms with Gasteiger partial charge < -0.3 is 4.90 Å². The molecule has 1 heterocycles. The van der Waals surface area contributed by atoms with Crippen molar-refractivity contribution < 1.29 is 9.59 Å². The van der Waals surface area contributed by atoms with Crippen molar-refractivity contribution in [2.24, 2.45) is 5.84 Å². The molecular weight excluding hydrogens is 274 g/mol. The molecule has 0 radical (unpaired) electrons. The van der Waals surface area contributed by atoms with Crippen molar-refractivity contribution in [2.45, 2.75) is 0 Å². The minimum absolute atomic E-state index is 0.00301. The van der Waals surface area contributed by atoms with Crippen LogP contribution in [0.1, 0.15) is 0 Å². The SMILES string of the molecule is NN1CC(=O)N(c2ccc(Br)cc2)CC1=O.